The lowest BCUT2D eigenvalue weighted by Crippen LogP contribution is -2.38. The molecule has 0 bridgehead atoms. The standard InChI is InChI=1S/C33H30F4N6O/c34-26-11-9-23(32(39,14-12-20-6-7-20)22-4-2-1-3-5-22)16-28(26)41-31(44)29-18-30(33(35,36)37)42-43(29)24-10-8-21-13-15-40-19-27(38)25(21)17-24/h1-5,8-11,13,15-20,40H,6-7,12,14,38-39H2,(H,41,44). The molecule has 1 atom stereocenters. The molecule has 226 valence electrons. The minimum absolute atomic E-state index is 0.162. The van der Waals surface area contributed by atoms with Gasteiger partial charge in [0.25, 0.3) is 5.91 Å². The summed E-state index contributed by atoms with van der Waals surface area (Å²) in [7, 11) is 0. The van der Waals surface area contributed by atoms with Crippen molar-refractivity contribution in [2.45, 2.75) is 37.4 Å². The van der Waals surface area contributed by atoms with Crippen LogP contribution >= 0.6 is 0 Å². The van der Waals surface area contributed by atoms with Crippen molar-refractivity contribution in [1.29, 1.82) is 0 Å². The fourth-order valence-corrected chi connectivity index (χ4v) is 5.42. The highest BCUT2D eigenvalue weighted by Crippen LogP contribution is 2.40. The minimum Gasteiger partial charge on any atom is -0.397 e. The third kappa shape index (κ3) is 5.83. The van der Waals surface area contributed by atoms with E-state index in [9.17, 15) is 18.0 Å². The van der Waals surface area contributed by atoms with Crippen molar-refractivity contribution in [2.75, 3.05) is 5.32 Å². The van der Waals surface area contributed by atoms with Crippen LogP contribution in [0.4, 0.5) is 23.2 Å². The second-order valence-corrected chi connectivity index (χ2v) is 11.2. The molecular formula is C33H30F4N6O. The van der Waals surface area contributed by atoms with Gasteiger partial charge in [0.15, 0.2) is 5.69 Å². The summed E-state index contributed by atoms with van der Waals surface area (Å²) in [5.41, 5.74) is 13.4. The van der Waals surface area contributed by atoms with Crippen LogP contribution in [-0.2, 0) is 11.7 Å². The molecule has 1 aliphatic heterocycles. The van der Waals surface area contributed by atoms with Crippen LogP contribution in [0.3, 0.4) is 0 Å². The number of rotatable bonds is 8. The van der Waals surface area contributed by atoms with Gasteiger partial charge in [-0.05, 0) is 65.8 Å². The van der Waals surface area contributed by atoms with Crippen molar-refractivity contribution in [1.82, 2.24) is 15.1 Å². The third-order valence-corrected chi connectivity index (χ3v) is 8.09. The van der Waals surface area contributed by atoms with Crippen molar-refractivity contribution in [3.8, 4) is 5.69 Å². The molecule has 1 unspecified atom stereocenters. The van der Waals surface area contributed by atoms with Crippen molar-refractivity contribution in [3.05, 3.63) is 125 Å². The zero-order valence-corrected chi connectivity index (χ0v) is 23.5. The number of nitrogens with two attached hydrogens (primary N) is 2. The first kappa shape index (κ1) is 29.2. The highest BCUT2D eigenvalue weighted by Gasteiger charge is 2.37. The Kier molecular flexibility index (Phi) is 7.50. The number of halogens is 4. The van der Waals surface area contributed by atoms with E-state index in [1.807, 2.05) is 30.3 Å². The number of nitrogens with one attached hydrogen (secondary N) is 2. The highest BCUT2D eigenvalue weighted by molar-refractivity contribution is 6.03. The lowest BCUT2D eigenvalue weighted by molar-refractivity contribution is -0.141. The predicted molar refractivity (Wildman–Crippen MR) is 161 cm³/mol. The third-order valence-electron chi connectivity index (χ3n) is 8.09. The lowest BCUT2D eigenvalue weighted by Gasteiger charge is -2.31. The van der Waals surface area contributed by atoms with Crippen LogP contribution in [-0.4, -0.2) is 15.7 Å². The van der Waals surface area contributed by atoms with Crippen molar-refractivity contribution in [2.24, 2.45) is 17.4 Å². The first-order valence-electron chi connectivity index (χ1n) is 14.2. The molecule has 0 spiro atoms. The summed E-state index contributed by atoms with van der Waals surface area (Å²) in [5.74, 6) is -1.15. The number of hydrogen-bond acceptors (Lipinski definition) is 5. The van der Waals surface area contributed by atoms with Gasteiger partial charge in [-0.1, -0.05) is 55.3 Å². The minimum atomic E-state index is -4.83. The van der Waals surface area contributed by atoms with E-state index in [0.717, 1.165) is 29.5 Å². The smallest absolute Gasteiger partial charge is 0.397 e. The number of aromatic nitrogens is 2. The van der Waals surface area contributed by atoms with E-state index in [2.05, 4.69) is 15.7 Å². The first-order valence-corrected chi connectivity index (χ1v) is 14.2. The Morgan fingerprint density at radius 2 is 1.80 bits per heavy atom. The fraction of sp³-hybridized carbons (Fsp3) is 0.212. The maximum absolute atomic E-state index is 15.2. The molecular weight excluding hydrogens is 572 g/mol. The summed E-state index contributed by atoms with van der Waals surface area (Å²) < 4.78 is 57.4. The van der Waals surface area contributed by atoms with Gasteiger partial charge in [0.1, 0.15) is 11.5 Å². The number of anilines is 1. The zero-order chi connectivity index (χ0) is 31.1. The number of benzene rings is 3. The van der Waals surface area contributed by atoms with E-state index in [1.165, 1.54) is 30.5 Å². The molecule has 0 radical (unpaired) electrons. The van der Waals surface area contributed by atoms with Gasteiger partial charge in [0.05, 0.1) is 22.6 Å². The molecule has 44 heavy (non-hydrogen) atoms. The Morgan fingerprint density at radius 3 is 2.52 bits per heavy atom. The molecule has 3 aromatic carbocycles. The van der Waals surface area contributed by atoms with Gasteiger partial charge in [-0.2, -0.15) is 18.3 Å². The number of amides is 1. The maximum Gasteiger partial charge on any atom is 0.435 e. The van der Waals surface area contributed by atoms with Crippen LogP contribution in [0.2, 0.25) is 0 Å². The monoisotopic (exact) mass is 602 g/mol. The molecule has 1 aromatic heterocycles. The summed E-state index contributed by atoms with van der Waals surface area (Å²) in [5, 5.41) is 9.05. The molecule has 6 rings (SSSR count). The quantitative estimate of drug-likeness (QED) is 0.172. The van der Waals surface area contributed by atoms with Crippen LogP contribution < -0.4 is 22.1 Å². The van der Waals surface area contributed by atoms with Crippen LogP contribution in [0.5, 0.6) is 0 Å². The summed E-state index contributed by atoms with van der Waals surface area (Å²) in [6.07, 6.45) is 3.89. The van der Waals surface area contributed by atoms with Crippen molar-refractivity contribution < 1.29 is 22.4 Å². The van der Waals surface area contributed by atoms with E-state index in [0.29, 0.717) is 40.8 Å². The average molecular weight is 603 g/mol. The summed E-state index contributed by atoms with van der Waals surface area (Å²) in [6, 6.07) is 19.0. The zero-order valence-electron chi connectivity index (χ0n) is 23.5. The molecule has 7 nitrogen and oxygen atoms in total. The highest BCUT2D eigenvalue weighted by atomic mass is 19.4. The SMILES string of the molecule is NC1=CNC=Cc2ccc(-n3nc(C(F)(F)F)cc3C(=O)Nc3cc(C(N)(CCC4CC4)c4ccccc4)ccc3F)cc21. The predicted octanol–water partition coefficient (Wildman–Crippen LogP) is 6.51. The maximum atomic E-state index is 15.2. The Morgan fingerprint density at radius 1 is 1.02 bits per heavy atom. The first-order chi connectivity index (χ1) is 21.0. The number of alkyl halides is 3. The van der Waals surface area contributed by atoms with Gasteiger partial charge in [0.2, 0.25) is 0 Å². The molecule has 1 amide bonds. The Hall–Kier alpha value is -4.90. The van der Waals surface area contributed by atoms with Gasteiger partial charge in [-0.25, -0.2) is 9.07 Å². The Balaban J connectivity index is 1.37. The average Bonchev–Trinajstić information content (AvgIpc) is 3.76. The molecule has 1 saturated carbocycles. The van der Waals surface area contributed by atoms with E-state index in [-0.39, 0.29) is 11.4 Å². The molecule has 11 heteroatoms. The van der Waals surface area contributed by atoms with Gasteiger partial charge in [-0.15, -0.1) is 0 Å². The number of nitrogens with zero attached hydrogens (tertiary/aromatic N) is 2. The number of carbonyl (C=O) groups is 1. The van der Waals surface area contributed by atoms with Crippen LogP contribution in [0, 0.1) is 11.7 Å². The van der Waals surface area contributed by atoms with Gasteiger partial charge in [-0.3, -0.25) is 4.79 Å². The van der Waals surface area contributed by atoms with Gasteiger partial charge >= 0.3 is 6.18 Å². The topological polar surface area (TPSA) is 111 Å². The summed E-state index contributed by atoms with van der Waals surface area (Å²) in [6.45, 7) is 0. The molecule has 2 aliphatic rings. The second-order valence-electron chi connectivity index (χ2n) is 11.2. The van der Waals surface area contributed by atoms with Gasteiger partial charge < -0.3 is 22.1 Å². The van der Waals surface area contributed by atoms with E-state index < -0.39 is 34.8 Å². The summed E-state index contributed by atoms with van der Waals surface area (Å²) >= 11 is 0. The Bertz CT molecular complexity index is 1770. The largest absolute Gasteiger partial charge is 0.435 e. The fourth-order valence-electron chi connectivity index (χ4n) is 5.42. The van der Waals surface area contributed by atoms with Crippen molar-refractivity contribution in [3.63, 3.8) is 0 Å². The number of hydrogen-bond donors (Lipinski definition) is 4. The van der Waals surface area contributed by atoms with Crippen LogP contribution in [0.1, 0.15) is 64.1 Å². The normalized spacial score (nSPS) is 15.9. The molecule has 6 N–H and O–H groups in total. The van der Waals surface area contributed by atoms with E-state index in [4.69, 9.17) is 11.5 Å². The molecule has 0 saturated heterocycles. The van der Waals surface area contributed by atoms with Crippen molar-refractivity contribution >= 4 is 23.4 Å². The van der Waals surface area contributed by atoms with Crippen LogP contribution in [0.25, 0.3) is 17.5 Å². The van der Waals surface area contributed by atoms with Crippen LogP contribution in [0.15, 0.2) is 85.2 Å². The lowest BCUT2D eigenvalue weighted by atomic mass is 9.79. The molecule has 1 aliphatic carbocycles. The number of carbonyl (C=O) groups excluding carboxylic acids is 1. The Labute approximate surface area is 251 Å². The molecule has 1 fully saturated rings. The van der Waals surface area contributed by atoms with E-state index in [1.54, 1.807) is 24.4 Å². The molecule has 2 heterocycles. The second kappa shape index (κ2) is 11.3. The van der Waals surface area contributed by atoms with E-state index >= 15 is 4.39 Å². The van der Waals surface area contributed by atoms with Gasteiger partial charge in [0, 0.05) is 24.0 Å². The number of fused-ring (bicyclic) bond motifs is 1. The molecule has 4 aromatic rings. The summed E-state index contributed by atoms with van der Waals surface area (Å²) in [4.78, 5) is 13.6.